The number of halogens is 1. The van der Waals surface area contributed by atoms with Crippen LogP contribution in [0, 0.1) is 11.7 Å². The van der Waals surface area contributed by atoms with Gasteiger partial charge in [-0.15, -0.1) is 0 Å². The fraction of sp³-hybridized carbons (Fsp3) is 0.583. The van der Waals surface area contributed by atoms with Crippen LogP contribution in [0.1, 0.15) is 38.2 Å². The molecule has 0 spiro atoms. The molecule has 2 unspecified atom stereocenters. The zero-order valence-electron chi connectivity index (χ0n) is 8.91. The molecule has 82 valence electrons. The summed E-state index contributed by atoms with van der Waals surface area (Å²) in [5, 5.41) is 10.4. The molecule has 15 heavy (non-hydrogen) atoms. The summed E-state index contributed by atoms with van der Waals surface area (Å²) in [5.74, 6) is 0.180. The van der Waals surface area contributed by atoms with Gasteiger partial charge in [0.05, 0.1) is 11.8 Å². The molecular weight excluding hydrogens is 193 g/mol. The van der Waals surface area contributed by atoms with Crippen molar-refractivity contribution < 1.29 is 9.50 Å². The topological polar surface area (TPSA) is 33.1 Å². The van der Waals surface area contributed by atoms with E-state index in [0.717, 1.165) is 25.7 Å². The minimum atomic E-state index is -0.851. The maximum absolute atomic E-state index is 13.0. The molecule has 2 atom stereocenters. The van der Waals surface area contributed by atoms with Crippen molar-refractivity contribution in [2.45, 2.75) is 38.2 Å². The van der Waals surface area contributed by atoms with Gasteiger partial charge in [0, 0.05) is 11.8 Å². The third-order valence-electron chi connectivity index (χ3n) is 3.41. The van der Waals surface area contributed by atoms with Crippen LogP contribution in [0.15, 0.2) is 18.5 Å². The predicted molar refractivity (Wildman–Crippen MR) is 55.7 cm³/mol. The standard InChI is InChI=1S/C12H16FNO/c1-2-9-3-4-12(15,6-9)10-5-11(13)8-14-7-10/h5,7-9,15H,2-4,6H2,1H3. The summed E-state index contributed by atoms with van der Waals surface area (Å²) >= 11 is 0. The maximum Gasteiger partial charge on any atom is 0.141 e. The lowest BCUT2D eigenvalue weighted by atomic mass is 9.92. The predicted octanol–water partition coefficient (Wildman–Crippen LogP) is 2.62. The Hall–Kier alpha value is -0.960. The molecule has 1 aromatic heterocycles. The summed E-state index contributed by atoms with van der Waals surface area (Å²) < 4.78 is 13.0. The highest BCUT2D eigenvalue weighted by Gasteiger charge is 2.38. The van der Waals surface area contributed by atoms with Crippen molar-refractivity contribution in [2.75, 3.05) is 0 Å². The van der Waals surface area contributed by atoms with Gasteiger partial charge in [-0.2, -0.15) is 0 Å². The Balaban J connectivity index is 2.23. The number of hydrogen-bond donors (Lipinski definition) is 1. The van der Waals surface area contributed by atoms with Crippen LogP contribution < -0.4 is 0 Å². The third-order valence-corrected chi connectivity index (χ3v) is 3.41. The number of aliphatic hydroxyl groups is 1. The van der Waals surface area contributed by atoms with E-state index in [1.165, 1.54) is 12.3 Å². The van der Waals surface area contributed by atoms with Crippen molar-refractivity contribution in [3.63, 3.8) is 0 Å². The molecule has 0 bridgehead atoms. The molecule has 1 saturated carbocycles. The SMILES string of the molecule is CCC1CCC(O)(c2cncc(F)c2)C1. The fourth-order valence-electron chi connectivity index (χ4n) is 2.40. The minimum Gasteiger partial charge on any atom is -0.385 e. The van der Waals surface area contributed by atoms with Crippen LogP contribution in [0.2, 0.25) is 0 Å². The molecule has 2 nitrogen and oxygen atoms in total. The van der Waals surface area contributed by atoms with Crippen LogP contribution in [0.4, 0.5) is 4.39 Å². The molecule has 0 saturated heterocycles. The van der Waals surface area contributed by atoms with Crippen LogP contribution in [0.25, 0.3) is 0 Å². The van der Waals surface area contributed by atoms with Gasteiger partial charge in [-0.25, -0.2) is 4.39 Å². The largest absolute Gasteiger partial charge is 0.385 e. The van der Waals surface area contributed by atoms with Crippen molar-refractivity contribution >= 4 is 0 Å². The molecule has 1 heterocycles. The lowest BCUT2D eigenvalue weighted by Crippen LogP contribution is -2.22. The smallest absolute Gasteiger partial charge is 0.141 e. The molecule has 0 aliphatic heterocycles. The lowest BCUT2D eigenvalue weighted by molar-refractivity contribution is 0.0391. The quantitative estimate of drug-likeness (QED) is 0.812. The second kappa shape index (κ2) is 3.89. The number of hydrogen-bond acceptors (Lipinski definition) is 2. The summed E-state index contributed by atoms with van der Waals surface area (Å²) in [5.41, 5.74) is -0.228. The molecule has 1 aliphatic rings. The van der Waals surface area contributed by atoms with Crippen LogP contribution in [-0.2, 0) is 5.60 Å². The first-order valence-electron chi connectivity index (χ1n) is 5.47. The minimum absolute atomic E-state index is 0.374. The van der Waals surface area contributed by atoms with Gasteiger partial charge >= 0.3 is 0 Å². The lowest BCUT2D eigenvalue weighted by Gasteiger charge is -2.22. The van der Waals surface area contributed by atoms with Crippen molar-refractivity contribution in [3.8, 4) is 0 Å². The Labute approximate surface area is 89.2 Å². The molecule has 1 N–H and O–H groups in total. The molecule has 0 amide bonds. The average Bonchev–Trinajstić information content (AvgIpc) is 2.62. The molecule has 0 radical (unpaired) electrons. The van der Waals surface area contributed by atoms with Gasteiger partial charge < -0.3 is 5.11 Å². The van der Waals surface area contributed by atoms with Gasteiger partial charge in [0.1, 0.15) is 5.82 Å². The monoisotopic (exact) mass is 209 g/mol. The number of nitrogens with zero attached hydrogens (tertiary/aromatic N) is 1. The van der Waals surface area contributed by atoms with Crippen LogP contribution in [-0.4, -0.2) is 10.1 Å². The summed E-state index contributed by atoms with van der Waals surface area (Å²) in [6.07, 6.45) is 6.28. The Bertz CT molecular complexity index is 355. The van der Waals surface area contributed by atoms with Crippen LogP contribution >= 0.6 is 0 Å². The summed E-state index contributed by atoms with van der Waals surface area (Å²) in [6, 6.07) is 1.39. The summed E-state index contributed by atoms with van der Waals surface area (Å²) in [6.45, 7) is 2.13. The number of rotatable bonds is 2. The highest BCUT2D eigenvalue weighted by molar-refractivity contribution is 5.20. The van der Waals surface area contributed by atoms with Gasteiger partial charge in [-0.3, -0.25) is 4.98 Å². The molecule has 1 aromatic rings. The second-order valence-corrected chi connectivity index (χ2v) is 4.44. The van der Waals surface area contributed by atoms with Crippen LogP contribution in [0.5, 0.6) is 0 Å². The van der Waals surface area contributed by atoms with Crippen molar-refractivity contribution in [3.05, 3.63) is 29.8 Å². The Kier molecular flexibility index (Phi) is 2.74. The first kappa shape index (κ1) is 10.6. The normalized spacial score (nSPS) is 30.7. The maximum atomic E-state index is 13.0. The summed E-state index contributed by atoms with van der Waals surface area (Å²) in [7, 11) is 0. The molecular formula is C12H16FNO. The van der Waals surface area contributed by atoms with Crippen LogP contribution in [0.3, 0.4) is 0 Å². The van der Waals surface area contributed by atoms with Gasteiger partial charge in [0.15, 0.2) is 0 Å². The Morgan fingerprint density at radius 3 is 3.00 bits per heavy atom. The zero-order chi connectivity index (χ0) is 10.9. The molecule has 0 aromatic carbocycles. The highest BCUT2D eigenvalue weighted by atomic mass is 19.1. The van der Waals surface area contributed by atoms with Gasteiger partial charge in [-0.05, 0) is 31.2 Å². The Morgan fingerprint density at radius 2 is 2.40 bits per heavy atom. The van der Waals surface area contributed by atoms with Gasteiger partial charge in [0.2, 0.25) is 0 Å². The van der Waals surface area contributed by atoms with E-state index in [-0.39, 0.29) is 5.82 Å². The first-order chi connectivity index (χ1) is 7.14. The van der Waals surface area contributed by atoms with Gasteiger partial charge in [-0.1, -0.05) is 13.3 Å². The van der Waals surface area contributed by atoms with Gasteiger partial charge in [0.25, 0.3) is 0 Å². The van der Waals surface area contributed by atoms with E-state index in [9.17, 15) is 9.50 Å². The summed E-state index contributed by atoms with van der Waals surface area (Å²) in [4.78, 5) is 3.79. The molecule has 3 heteroatoms. The van der Waals surface area contributed by atoms with Crippen molar-refractivity contribution in [1.82, 2.24) is 4.98 Å². The van der Waals surface area contributed by atoms with E-state index in [2.05, 4.69) is 11.9 Å². The number of aromatic nitrogens is 1. The van der Waals surface area contributed by atoms with Crippen molar-refractivity contribution in [2.24, 2.45) is 5.92 Å². The molecule has 1 fully saturated rings. The second-order valence-electron chi connectivity index (χ2n) is 4.44. The third kappa shape index (κ3) is 2.02. The zero-order valence-corrected chi connectivity index (χ0v) is 8.91. The molecule has 2 rings (SSSR count). The Morgan fingerprint density at radius 1 is 1.60 bits per heavy atom. The molecule has 1 aliphatic carbocycles. The average molecular weight is 209 g/mol. The van der Waals surface area contributed by atoms with Crippen molar-refractivity contribution in [1.29, 1.82) is 0 Å². The van der Waals surface area contributed by atoms with E-state index in [1.807, 2.05) is 0 Å². The van der Waals surface area contributed by atoms with E-state index < -0.39 is 5.60 Å². The fourth-order valence-corrected chi connectivity index (χ4v) is 2.40. The highest BCUT2D eigenvalue weighted by Crippen LogP contribution is 2.42. The van der Waals surface area contributed by atoms with E-state index >= 15 is 0 Å². The first-order valence-corrected chi connectivity index (χ1v) is 5.47. The van der Waals surface area contributed by atoms with E-state index in [0.29, 0.717) is 11.5 Å². The number of pyridine rings is 1. The van der Waals surface area contributed by atoms with E-state index in [4.69, 9.17) is 0 Å². The van der Waals surface area contributed by atoms with E-state index in [1.54, 1.807) is 6.20 Å².